The summed E-state index contributed by atoms with van der Waals surface area (Å²) in [6.07, 6.45) is 5.74. The van der Waals surface area contributed by atoms with E-state index in [0.29, 0.717) is 0 Å². The molecule has 8 rings (SSSR count). The average Bonchev–Trinajstić information content (AvgIpc) is 3.23. The molecule has 0 saturated carbocycles. The summed E-state index contributed by atoms with van der Waals surface area (Å²) in [5.41, 5.74) is 12.2. The minimum Gasteiger partial charge on any atom is -0.261 e. The van der Waals surface area contributed by atoms with Crippen molar-refractivity contribution in [2.24, 2.45) is 0 Å². The summed E-state index contributed by atoms with van der Waals surface area (Å²) in [4.78, 5) is 13.0. The number of benzene rings is 5. The maximum absolute atomic E-state index is 4.38. The second kappa shape index (κ2) is 26.4. The highest BCUT2D eigenvalue weighted by Crippen LogP contribution is 2.20. The van der Waals surface area contributed by atoms with Gasteiger partial charge >= 0.3 is 0 Å². The van der Waals surface area contributed by atoms with Gasteiger partial charge in [0.15, 0.2) is 0 Å². The number of rotatable bonds is 0. The highest BCUT2D eigenvalue weighted by Gasteiger charge is 2.00. The molecule has 3 heterocycles. The van der Waals surface area contributed by atoms with E-state index in [9.17, 15) is 0 Å². The first-order valence-electron chi connectivity index (χ1n) is 20.5. The lowest BCUT2D eigenvalue weighted by Crippen LogP contribution is -1.86. The summed E-state index contributed by atoms with van der Waals surface area (Å²) < 4.78 is 0. The molecule has 0 atom stereocenters. The predicted molar refractivity (Wildman–Crippen MR) is 252 cm³/mol. The molecule has 296 valence electrons. The van der Waals surface area contributed by atoms with E-state index in [4.69, 9.17) is 0 Å². The van der Waals surface area contributed by atoms with E-state index < -0.39 is 0 Å². The number of pyridine rings is 3. The molecular formula is C53H69N3. The van der Waals surface area contributed by atoms with Gasteiger partial charge in [-0.05, 0) is 123 Å². The van der Waals surface area contributed by atoms with Crippen LogP contribution in [0.3, 0.4) is 0 Å². The third-order valence-electron chi connectivity index (χ3n) is 8.47. The van der Waals surface area contributed by atoms with Gasteiger partial charge in [0.25, 0.3) is 0 Å². The van der Waals surface area contributed by atoms with Gasteiger partial charge in [0.05, 0.1) is 11.0 Å². The Morgan fingerprint density at radius 3 is 1.48 bits per heavy atom. The zero-order chi connectivity index (χ0) is 42.2. The Bertz CT molecular complexity index is 2170. The minimum absolute atomic E-state index is 1.08. The molecule has 0 saturated heterocycles. The van der Waals surface area contributed by atoms with E-state index in [1.807, 2.05) is 80.9 Å². The summed E-state index contributed by atoms with van der Waals surface area (Å²) in [5.74, 6) is 0. The number of hydrogen-bond donors (Lipinski definition) is 0. The Morgan fingerprint density at radius 1 is 0.321 bits per heavy atom. The molecule has 0 N–H and O–H groups in total. The van der Waals surface area contributed by atoms with Crippen molar-refractivity contribution in [1.82, 2.24) is 15.0 Å². The lowest BCUT2D eigenvalue weighted by Gasteiger charge is -2.02. The molecule has 0 aliphatic carbocycles. The molecule has 5 aromatic carbocycles. The first-order chi connectivity index (χ1) is 27.1. The van der Waals surface area contributed by atoms with Gasteiger partial charge in [0, 0.05) is 40.4 Å². The highest BCUT2D eigenvalue weighted by molar-refractivity contribution is 5.87. The van der Waals surface area contributed by atoms with E-state index in [1.165, 1.54) is 71.3 Å². The Kier molecular flexibility index (Phi) is 22.9. The van der Waals surface area contributed by atoms with E-state index in [-0.39, 0.29) is 0 Å². The summed E-state index contributed by atoms with van der Waals surface area (Å²) in [6, 6.07) is 38.3. The predicted octanol–water partition coefficient (Wildman–Crippen LogP) is 16.1. The minimum atomic E-state index is 1.08. The van der Waals surface area contributed by atoms with Crippen molar-refractivity contribution in [3.05, 3.63) is 172 Å². The largest absolute Gasteiger partial charge is 0.261 e. The van der Waals surface area contributed by atoms with Crippen molar-refractivity contribution in [1.29, 1.82) is 0 Å². The normalized spacial score (nSPS) is 9.43. The lowest BCUT2D eigenvalue weighted by molar-refractivity contribution is 1.21. The number of aryl methyl sites for hydroxylation is 8. The molecule has 0 radical (unpaired) electrons. The molecule has 0 amide bonds. The third-order valence-corrected chi connectivity index (χ3v) is 8.47. The van der Waals surface area contributed by atoms with Crippen LogP contribution in [0.4, 0.5) is 0 Å². The van der Waals surface area contributed by atoms with Crippen molar-refractivity contribution in [3.8, 4) is 0 Å². The summed E-state index contributed by atoms with van der Waals surface area (Å²) in [7, 11) is 0. The molecule has 3 nitrogen and oxygen atoms in total. The molecule has 56 heavy (non-hydrogen) atoms. The van der Waals surface area contributed by atoms with Gasteiger partial charge in [-0.25, -0.2) is 0 Å². The summed E-state index contributed by atoms with van der Waals surface area (Å²) >= 11 is 0. The lowest BCUT2D eigenvalue weighted by atomic mass is 10.0. The van der Waals surface area contributed by atoms with Crippen molar-refractivity contribution in [2.45, 2.75) is 111 Å². The van der Waals surface area contributed by atoms with Gasteiger partial charge in [-0.2, -0.15) is 0 Å². The van der Waals surface area contributed by atoms with Crippen LogP contribution in [0.2, 0.25) is 0 Å². The van der Waals surface area contributed by atoms with E-state index in [2.05, 4.69) is 173 Å². The van der Waals surface area contributed by atoms with Crippen LogP contribution in [0.15, 0.2) is 128 Å². The number of fused-ring (bicyclic) bond motifs is 4. The summed E-state index contributed by atoms with van der Waals surface area (Å²) in [6.45, 7) is 32.7. The van der Waals surface area contributed by atoms with Gasteiger partial charge in [0.2, 0.25) is 0 Å². The van der Waals surface area contributed by atoms with Gasteiger partial charge in [-0.1, -0.05) is 152 Å². The van der Waals surface area contributed by atoms with Crippen molar-refractivity contribution < 1.29 is 0 Å². The maximum Gasteiger partial charge on any atom is 0.0731 e. The number of nitrogens with zero attached hydrogens (tertiary/aromatic N) is 3. The monoisotopic (exact) mass is 748 g/mol. The molecule has 0 aliphatic heterocycles. The number of hydrogen-bond acceptors (Lipinski definition) is 3. The van der Waals surface area contributed by atoms with Crippen LogP contribution in [0.5, 0.6) is 0 Å². The van der Waals surface area contributed by atoms with E-state index in [0.717, 1.165) is 16.7 Å². The quantitative estimate of drug-likeness (QED) is 0.155. The molecule has 3 aromatic heterocycles. The maximum atomic E-state index is 4.38. The fourth-order valence-corrected chi connectivity index (χ4v) is 5.81. The second-order valence-electron chi connectivity index (χ2n) is 12.7. The Morgan fingerprint density at radius 2 is 0.839 bits per heavy atom. The first-order valence-corrected chi connectivity index (χ1v) is 20.5. The number of aromatic nitrogens is 3. The fraction of sp³-hybridized carbons (Fsp3) is 0.302. The second-order valence-corrected chi connectivity index (χ2v) is 12.7. The number of para-hydroxylation sites is 1. The first kappa shape index (κ1) is 48.6. The van der Waals surface area contributed by atoms with Gasteiger partial charge in [0.1, 0.15) is 0 Å². The molecule has 0 bridgehead atoms. The van der Waals surface area contributed by atoms with Crippen LogP contribution in [0.25, 0.3) is 43.4 Å². The standard InChI is InChI=1S/C12H12.3C11H11N.4C2H6/c1-9-6-7-12-10(2)4-3-5-11(12)8-9;1-8-3-4-10-5-9(2)7-12-11(10)6-8;1-8-6-10-5-3-4-9(2)11(10)12-7-8;1-8-7-12-9(2)11-6-4-3-5-10(8)11;4*1-2/h3-8H,1-2H3;3*3-7H,1-2H3;4*1-2H3. The van der Waals surface area contributed by atoms with E-state index in [1.54, 1.807) is 0 Å². The van der Waals surface area contributed by atoms with Crippen LogP contribution in [-0.4, -0.2) is 15.0 Å². The SMILES string of the molecule is CC.CC.CC.CC.Cc1ccc2c(C)cccc2c1.Cc1cnc(C)c2ccccc12.Cc1cnc2c(C)cccc2c1.Cc1cnc2cc(C)ccc2c1. The van der Waals surface area contributed by atoms with Gasteiger partial charge in [-0.3, -0.25) is 15.0 Å². The highest BCUT2D eigenvalue weighted by atomic mass is 14.7. The average molecular weight is 748 g/mol. The topological polar surface area (TPSA) is 38.7 Å². The van der Waals surface area contributed by atoms with Crippen LogP contribution >= 0.6 is 0 Å². The zero-order valence-electron chi connectivity index (χ0n) is 37.5. The molecule has 0 spiro atoms. The Hall–Kier alpha value is -5.41. The van der Waals surface area contributed by atoms with Crippen molar-refractivity contribution >= 4 is 43.4 Å². The molecule has 0 aliphatic rings. The van der Waals surface area contributed by atoms with Crippen LogP contribution in [-0.2, 0) is 0 Å². The smallest absolute Gasteiger partial charge is 0.0731 e. The zero-order valence-corrected chi connectivity index (χ0v) is 37.5. The van der Waals surface area contributed by atoms with Gasteiger partial charge in [-0.15, -0.1) is 0 Å². The van der Waals surface area contributed by atoms with Gasteiger partial charge < -0.3 is 0 Å². The molecule has 0 unspecified atom stereocenters. The molecule has 0 fully saturated rings. The third kappa shape index (κ3) is 14.7. The molecule has 8 aromatic rings. The summed E-state index contributed by atoms with van der Waals surface area (Å²) in [5, 5.41) is 7.73. The van der Waals surface area contributed by atoms with E-state index >= 15 is 0 Å². The Balaban J connectivity index is 0.000000352. The molecular weight excluding hydrogens is 679 g/mol. The molecule has 3 heteroatoms. The Labute approximate surface area is 340 Å². The van der Waals surface area contributed by atoms with Crippen LogP contribution in [0.1, 0.15) is 100 Å². The van der Waals surface area contributed by atoms with Crippen molar-refractivity contribution in [2.75, 3.05) is 0 Å². The van der Waals surface area contributed by atoms with Crippen LogP contribution in [0, 0.1) is 55.4 Å². The van der Waals surface area contributed by atoms with Crippen molar-refractivity contribution in [3.63, 3.8) is 0 Å². The fourth-order valence-electron chi connectivity index (χ4n) is 5.81. The van der Waals surface area contributed by atoms with Crippen LogP contribution < -0.4 is 0 Å².